The van der Waals surface area contributed by atoms with Crippen LogP contribution in [0, 0.1) is 5.92 Å². The zero-order valence-electron chi connectivity index (χ0n) is 19.1. The van der Waals surface area contributed by atoms with Crippen LogP contribution in [0.3, 0.4) is 0 Å². The summed E-state index contributed by atoms with van der Waals surface area (Å²) >= 11 is 12.0. The van der Waals surface area contributed by atoms with Gasteiger partial charge in [0.05, 0.1) is 28.3 Å². The van der Waals surface area contributed by atoms with Gasteiger partial charge in [0.15, 0.2) is 0 Å². The molecule has 2 N–H and O–H groups in total. The van der Waals surface area contributed by atoms with Crippen molar-refractivity contribution >= 4 is 46.4 Å². The Morgan fingerprint density at radius 1 is 0.971 bits per heavy atom. The SMILES string of the molecule is CCOc1ccc(N2C[C@H](C(=O)NNc3ccc(OCc4ccc(Cl)c(Cl)c4)cc3)CC2=O)cc1. The van der Waals surface area contributed by atoms with Gasteiger partial charge in [0.25, 0.3) is 0 Å². The molecule has 3 aromatic carbocycles. The number of amides is 2. The van der Waals surface area contributed by atoms with Crippen molar-refractivity contribution < 1.29 is 19.1 Å². The molecule has 1 saturated heterocycles. The van der Waals surface area contributed by atoms with Crippen LogP contribution in [0.1, 0.15) is 18.9 Å². The molecule has 9 heteroatoms. The molecule has 4 rings (SSSR count). The molecule has 3 aromatic rings. The van der Waals surface area contributed by atoms with Gasteiger partial charge in [0.2, 0.25) is 11.8 Å². The van der Waals surface area contributed by atoms with Crippen LogP contribution in [0.4, 0.5) is 11.4 Å². The lowest BCUT2D eigenvalue weighted by Gasteiger charge is -2.17. The Bertz CT molecular complexity index is 1190. The van der Waals surface area contributed by atoms with Gasteiger partial charge in [-0.05, 0) is 73.2 Å². The summed E-state index contributed by atoms with van der Waals surface area (Å²) in [6, 6.07) is 19.8. The van der Waals surface area contributed by atoms with E-state index in [-0.39, 0.29) is 18.2 Å². The molecule has 7 nitrogen and oxygen atoms in total. The smallest absolute Gasteiger partial charge is 0.243 e. The average Bonchev–Trinajstić information content (AvgIpc) is 3.26. The van der Waals surface area contributed by atoms with E-state index in [9.17, 15) is 9.59 Å². The highest BCUT2D eigenvalue weighted by atomic mass is 35.5. The van der Waals surface area contributed by atoms with E-state index in [0.717, 1.165) is 17.0 Å². The van der Waals surface area contributed by atoms with E-state index < -0.39 is 5.92 Å². The lowest BCUT2D eigenvalue weighted by atomic mass is 10.1. The number of benzene rings is 3. The summed E-state index contributed by atoms with van der Waals surface area (Å²) < 4.78 is 11.2. The molecule has 0 aliphatic carbocycles. The zero-order valence-corrected chi connectivity index (χ0v) is 20.6. The van der Waals surface area contributed by atoms with E-state index in [2.05, 4.69) is 10.9 Å². The number of anilines is 2. The number of carbonyl (C=O) groups is 2. The monoisotopic (exact) mass is 513 g/mol. The van der Waals surface area contributed by atoms with E-state index in [0.29, 0.717) is 41.2 Å². The first kappa shape index (κ1) is 24.7. The molecule has 0 spiro atoms. The van der Waals surface area contributed by atoms with E-state index in [1.54, 1.807) is 41.3 Å². The van der Waals surface area contributed by atoms with E-state index in [1.807, 2.05) is 37.3 Å². The fraction of sp³-hybridized carbons (Fsp3) is 0.231. The largest absolute Gasteiger partial charge is 0.494 e. The van der Waals surface area contributed by atoms with Crippen molar-refractivity contribution in [1.29, 1.82) is 0 Å². The molecular weight excluding hydrogens is 489 g/mol. The minimum atomic E-state index is -0.449. The molecule has 0 bridgehead atoms. The van der Waals surface area contributed by atoms with Crippen LogP contribution in [-0.2, 0) is 16.2 Å². The van der Waals surface area contributed by atoms with Gasteiger partial charge in [-0.2, -0.15) is 0 Å². The molecule has 1 aliphatic heterocycles. The fourth-order valence-electron chi connectivity index (χ4n) is 3.69. The second-order valence-electron chi connectivity index (χ2n) is 8.01. The summed E-state index contributed by atoms with van der Waals surface area (Å²) in [5.74, 6) is 0.632. The molecule has 0 radical (unpaired) electrons. The number of nitrogens with zero attached hydrogens (tertiary/aromatic N) is 1. The van der Waals surface area contributed by atoms with Gasteiger partial charge in [-0.3, -0.25) is 20.4 Å². The van der Waals surface area contributed by atoms with Gasteiger partial charge in [0, 0.05) is 18.7 Å². The van der Waals surface area contributed by atoms with Gasteiger partial charge in [-0.25, -0.2) is 0 Å². The third kappa shape index (κ3) is 6.38. The number of hydrogen-bond acceptors (Lipinski definition) is 5. The Kier molecular flexibility index (Phi) is 8.00. The minimum Gasteiger partial charge on any atom is -0.494 e. The van der Waals surface area contributed by atoms with Crippen LogP contribution in [0.25, 0.3) is 0 Å². The average molecular weight is 514 g/mol. The molecule has 0 unspecified atom stereocenters. The molecule has 0 aromatic heterocycles. The normalized spacial score (nSPS) is 15.1. The molecule has 1 aliphatic rings. The Morgan fingerprint density at radius 2 is 1.66 bits per heavy atom. The number of ether oxygens (including phenoxy) is 2. The van der Waals surface area contributed by atoms with Gasteiger partial charge in [0.1, 0.15) is 18.1 Å². The molecule has 1 atom stereocenters. The van der Waals surface area contributed by atoms with Crippen molar-refractivity contribution in [3.05, 3.63) is 82.3 Å². The third-order valence-corrected chi connectivity index (χ3v) is 6.27. The third-order valence-electron chi connectivity index (χ3n) is 5.53. The summed E-state index contributed by atoms with van der Waals surface area (Å²) in [6.45, 7) is 3.16. The van der Waals surface area contributed by atoms with E-state index >= 15 is 0 Å². The van der Waals surface area contributed by atoms with Gasteiger partial charge in [-0.15, -0.1) is 0 Å². The summed E-state index contributed by atoms with van der Waals surface area (Å²) in [4.78, 5) is 26.7. The minimum absolute atomic E-state index is 0.0854. The van der Waals surface area contributed by atoms with Crippen molar-refractivity contribution in [2.45, 2.75) is 20.0 Å². The van der Waals surface area contributed by atoms with Gasteiger partial charge < -0.3 is 14.4 Å². The number of nitrogens with one attached hydrogen (secondary N) is 2. The maximum Gasteiger partial charge on any atom is 0.243 e. The number of rotatable bonds is 9. The maximum atomic E-state index is 12.6. The lowest BCUT2D eigenvalue weighted by Crippen LogP contribution is -2.36. The van der Waals surface area contributed by atoms with E-state index in [4.69, 9.17) is 32.7 Å². The summed E-state index contributed by atoms with van der Waals surface area (Å²) in [7, 11) is 0. The lowest BCUT2D eigenvalue weighted by molar-refractivity contribution is -0.125. The standard InChI is InChI=1S/C26H25Cl2N3O4/c1-2-34-21-10-6-20(7-11-21)31-15-18(14-25(31)32)26(33)30-29-19-4-8-22(9-5-19)35-16-17-3-12-23(27)24(28)13-17/h3-13,18,29H,2,14-16H2,1H3,(H,30,33)/t18-/m1/s1. The fourth-order valence-corrected chi connectivity index (χ4v) is 4.01. The van der Waals surface area contributed by atoms with Crippen LogP contribution in [0.15, 0.2) is 66.7 Å². The molecule has 1 fully saturated rings. The Labute approximate surface area is 213 Å². The Morgan fingerprint density at radius 3 is 2.34 bits per heavy atom. The number of hydrogen-bond donors (Lipinski definition) is 2. The number of halogens is 2. The summed E-state index contributed by atoms with van der Waals surface area (Å²) in [5.41, 5.74) is 7.92. The van der Waals surface area contributed by atoms with Crippen molar-refractivity contribution in [2.75, 3.05) is 23.5 Å². The van der Waals surface area contributed by atoms with Crippen LogP contribution < -0.4 is 25.2 Å². The number of carbonyl (C=O) groups excluding carboxylic acids is 2. The summed E-state index contributed by atoms with van der Waals surface area (Å²) in [6.07, 6.45) is 0.155. The highest BCUT2D eigenvalue weighted by molar-refractivity contribution is 6.42. The molecular formula is C26H25Cl2N3O4. The van der Waals surface area contributed by atoms with Crippen molar-refractivity contribution in [1.82, 2.24) is 5.43 Å². The predicted molar refractivity (Wildman–Crippen MR) is 137 cm³/mol. The Hall–Kier alpha value is -3.42. The topological polar surface area (TPSA) is 79.9 Å². The Balaban J connectivity index is 1.26. The molecule has 182 valence electrons. The second kappa shape index (κ2) is 11.3. The van der Waals surface area contributed by atoms with Gasteiger partial charge in [-0.1, -0.05) is 29.3 Å². The first-order chi connectivity index (χ1) is 16.9. The van der Waals surface area contributed by atoms with Crippen molar-refractivity contribution in [2.24, 2.45) is 5.92 Å². The quantitative estimate of drug-likeness (QED) is 0.371. The number of hydrazine groups is 1. The van der Waals surface area contributed by atoms with E-state index in [1.165, 1.54) is 0 Å². The molecule has 0 saturated carbocycles. The predicted octanol–water partition coefficient (Wildman–Crippen LogP) is 5.47. The molecule has 2 amide bonds. The summed E-state index contributed by atoms with van der Waals surface area (Å²) in [5, 5.41) is 0.980. The zero-order chi connectivity index (χ0) is 24.8. The van der Waals surface area contributed by atoms with Gasteiger partial charge >= 0.3 is 0 Å². The first-order valence-corrected chi connectivity index (χ1v) is 11.9. The highest BCUT2D eigenvalue weighted by Gasteiger charge is 2.35. The van der Waals surface area contributed by atoms with Crippen molar-refractivity contribution in [3.63, 3.8) is 0 Å². The molecule has 35 heavy (non-hydrogen) atoms. The van der Waals surface area contributed by atoms with Crippen LogP contribution in [0.2, 0.25) is 10.0 Å². The maximum absolute atomic E-state index is 12.6. The first-order valence-electron chi connectivity index (χ1n) is 11.2. The second-order valence-corrected chi connectivity index (χ2v) is 8.82. The molecule has 1 heterocycles. The van der Waals surface area contributed by atoms with Crippen LogP contribution in [0.5, 0.6) is 11.5 Å². The van der Waals surface area contributed by atoms with Crippen LogP contribution in [-0.4, -0.2) is 25.0 Å². The van der Waals surface area contributed by atoms with Crippen molar-refractivity contribution in [3.8, 4) is 11.5 Å². The van der Waals surface area contributed by atoms with Crippen LogP contribution >= 0.6 is 23.2 Å². The highest BCUT2D eigenvalue weighted by Crippen LogP contribution is 2.27.